The molecule has 4 nitrogen and oxygen atoms in total. The molecule has 0 fully saturated rings. The molecule has 0 aliphatic heterocycles. The van der Waals surface area contributed by atoms with Crippen molar-refractivity contribution in [3.8, 4) is 0 Å². The molecule has 0 aromatic carbocycles. The van der Waals surface area contributed by atoms with E-state index in [-0.39, 0.29) is 91.1 Å². The van der Waals surface area contributed by atoms with E-state index >= 15 is 0 Å². The van der Waals surface area contributed by atoms with Gasteiger partial charge in [-0.3, -0.25) is 19.2 Å². The summed E-state index contributed by atoms with van der Waals surface area (Å²) in [6.07, 6.45) is 0.167. The average Bonchev–Trinajstić information content (AvgIpc) is 1.79. The van der Waals surface area contributed by atoms with Crippen LogP contribution in [0.3, 0.4) is 0 Å². The summed E-state index contributed by atoms with van der Waals surface area (Å²) in [6, 6.07) is 0. The van der Waals surface area contributed by atoms with Crippen LogP contribution in [0.25, 0.3) is 0 Å². The first-order valence-corrected chi connectivity index (χ1v) is 4.23. The zero-order valence-corrected chi connectivity index (χ0v) is 9.05. The van der Waals surface area contributed by atoms with Gasteiger partial charge in [0.15, 0.2) is 17.4 Å². The second kappa shape index (κ2) is 15.5. The first-order valence-electron chi connectivity index (χ1n) is 4.23. The third kappa shape index (κ3) is 36.6. The van der Waals surface area contributed by atoms with Gasteiger partial charge < -0.3 is 0 Å². The van der Waals surface area contributed by atoms with E-state index in [1.54, 1.807) is 0 Å². The van der Waals surface area contributed by atoms with Gasteiger partial charge in [-0.2, -0.15) is 0 Å². The summed E-state index contributed by atoms with van der Waals surface area (Å²) >= 11 is 0. The van der Waals surface area contributed by atoms with E-state index in [4.69, 9.17) is 0 Å². The van der Waals surface area contributed by atoms with Gasteiger partial charge in [0.2, 0.25) is 0 Å². The molecule has 0 aliphatic rings. The zero-order chi connectivity index (χ0) is 11.7. The Morgan fingerprint density at radius 2 is 0.750 bits per heavy atom. The van der Waals surface area contributed by atoms with Crippen LogP contribution in [0.1, 0.15) is 40.5 Å². The number of hydrogen-bond donors (Lipinski definition) is 0. The van der Waals surface area contributed by atoms with Gasteiger partial charge in [-0.25, -0.2) is 0 Å². The maximum absolute atomic E-state index is 10.0. The van der Waals surface area contributed by atoms with Crippen molar-refractivity contribution in [3.63, 3.8) is 0 Å². The summed E-state index contributed by atoms with van der Waals surface area (Å²) < 4.78 is 0. The molecule has 0 heterocycles. The Labute approximate surface area is 137 Å². The maximum atomic E-state index is 10.0. The van der Waals surface area contributed by atoms with Crippen LogP contribution in [0.4, 0.5) is 0 Å². The van der Waals surface area contributed by atoms with Crippen molar-refractivity contribution >= 4 is 78.2 Å². The summed E-state index contributed by atoms with van der Waals surface area (Å²) in [7, 11) is 0. The molecule has 0 saturated carbocycles. The van der Waals surface area contributed by atoms with Crippen LogP contribution < -0.4 is 0 Å². The van der Waals surface area contributed by atoms with Crippen LogP contribution in [0.5, 0.6) is 0 Å². The molecule has 0 unspecified atom stereocenters. The van der Waals surface area contributed by atoms with Crippen LogP contribution in [-0.2, 0) is 19.2 Å². The van der Waals surface area contributed by atoms with Crippen molar-refractivity contribution < 1.29 is 19.2 Å². The third-order valence-electron chi connectivity index (χ3n) is 0.996. The predicted octanol–water partition coefficient (Wildman–Crippen LogP) is -0.991. The quantitative estimate of drug-likeness (QED) is 0.487. The molecule has 0 atom stereocenters. The van der Waals surface area contributed by atoms with Gasteiger partial charge in [0.25, 0.3) is 0 Å². The Bertz CT molecular complexity index is 201. The molecule has 0 aliphatic carbocycles. The van der Waals surface area contributed by atoms with Gasteiger partial charge in [0, 0.05) is 0 Å². The van der Waals surface area contributed by atoms with Gasteiger partial charge >= 0.3 is 37.7 Å². The Morgan fingerprint density at radius 1 is 0.625 bits per heavy atom. The van der Waals surface area contributed by atoms with Gasteiger partial charge in [0.1, 0.15) is 23.1 Å². The summed E-state index contributed by atoms with van der Waals surface area (Å²) in [5.74, 6) is -0.250. The molecule has 0 saturated heterocycles. The first kappa shape index (κ1) is 25.3. The standard InChI is InChI=1S/2C5H8O2.Al.Ca.5H/c2*1-4(6)3-5(2)7;;;;;;;/h2*3H2,1-2H3;;;;;;;. The number of rotatable bonds is 4. The molecule has 16 heavy (non-hydrogen) atoms. The number of Topliss-reactive ketones (excluding diaryl/α,β-unsaturated/α-hetero) is 4. The van der Waals surface area contributed by atoms with Crippen LogP contribution in [0.2, 0.25) is 0 Å². The van der Waals surface area contributed by atoms with Crippen molar-refractivity contribution in [1.29, 1.82) is 0 Å². The molecule has 0 aromatic rings. The van der Waals surface area contributed by atoms with E-state index in [1.807, 2.05) is 0 Å². The number of ketones is 4. The summed E-state index contributed by atoms with van der Waals surface area (Å²) in [6.45, 7) is 5.62. The van der Waals surface area contributed by atoms with E-state index in [0.29, 0.717) is 0 Å². The Morgan fingerprint density at radius 3 is 0.750 bits per heavy atom. The molecular formula is C10H21AlCaO4. The predicted molar refractivity (Wildman–Crippen MR) is 70.4 cm³/mol. The Kier molecular flexibility index (Phi) is 24.5. The first-order chi connectivity index (χ1) is 6.25. The van der Waals surface area contributed by atoms with Crippen molar-refractivity contribution in [1.82, 2.24) is 0 Å². The molecule has 0 N–H and O–H groups in total. The molecule has 90 valence electrons. The molecule has 0 aromatic heterocycles. The monoisotopic (exact) mass is 272 g/mol. The van der Waals surface area contributed by atoms with E-state index in [2.05, 4.69) is 0 Å². The van der Waals surface area contributed by atoms with Crippen LogP contribution in [0, 0.1) is 0 Å². The molecule has 0 bridgehead atoms. The molecule has 0 radical (unpaired) electrons. The van der Waals surface area contributed by atoms with Gasteiger partial charge in [-0.15, -0.1) is 0 Å². The Hall–Kier alpha value is 0.472. The van der Waals surface area contributed by atoms with E-state index < -0.39 is 0 Å². The van der Waals surface area contributed by atoms with Crippen LogP contribution in [0.15, 0.2) is 0 Å². The number of carbonyl (C=O) groups is 4. The van der Waals surface area contributed by atoms with E-state index in [1.165, 1.54) is 27.7 Å². The SMILES string of the molecule is CC(=O)CC(C)=O.CC(=O)CC(C)=O.[AlH3].[CaH2]. The average molecular weight is 272 g/mol. The van der Waals surface area contributed by atoms with Crippen molar-refractivity contribution in [2.75, 3.05) is 0 Å². The summed E-state index contributed by atoms with van der Waals surface area (Å²) in [5, 5.41) is 0. The second-order valence-corrected chi connectivity index (χ2v) is 3.16. The fourth-order valence-corrected chi connectivity index (χ4v) is 0.701. The summed E-state index contributed by atoms with van der Waals surface area (Å²) in [4.78, 5) is 40.1. The number of carbonyl (C=O) groups excluding carboxylic acids is 4. The Balaban J connectivity index is -0.0000000800. The third-order valence-corrected chi connectivity index (χ3v) is 0.996. The van der Waals surface area contributed by atoms with E-state index in [0.717, 1.165) is 0 Å². The van der Waals surface area contributed by atoms with Crippen molar-refractivity contribution in [3.05, 3.63) is 0 Å². The van der Waals surface area contributed by atoms with Crippen LogP contribution >= 0.6 is 0 Å². The van der Waals surface area contributed by atoms with Gasteiger partial charge in [0.05, 0.1) is 12.8 Å². The van der Waals surface area contributed by atoms with Gasteiger partial charge in [-0.05, 0) is 27.7 Å². The van der Waals surface area contributed by atoms with Gasteiger partial charge in [-0.1, -0.05) is 0 Å². The fraction of sp³-hybridized carbons (Fsp3) is 0.600. The second-order valence-electron chi connectivity index (χ2n) is 3.16. The minimum atomic E-state index is -0.0625. The molecular weight excluding hydrogens is 251 g/mol. The van der Waals surface area contributed by atoms with E-state index in [9.17, 15) is 19.2 Å². The topological polar surface area (TPSA) is 68.3 Å². The van der Waals surface area contributed by atoms with Crippen molar-refractivity contribution in [2.24, 2.45) is 0 Å². The summed E-state index contributed by atoms with van der Waals surface area (Å²) in [5.41, 5.74) is 0. The van der Waals surface area contributed by atoms with Crippen molar-refractivity contribution in [2.45, 2.75) is 40.5 Å². The molecule has 0 amide bonds. The minimum absolute atomic E-state index is 0. The fourth-order valence-electron chi connectivity index (χ4n) is 0.701. The molecule has 0 spiro atoms. The molecule has 0 rings (SSSR count). The van der Waals surface area contributed by atoms with Crippen LogP contribution in [-0.4, -0.2) is 78.2 Å². The number of hydrogen-bond acceptors (Lipinski definition) is 4. The molecule has 6 heteroatoms. The normalized spacial score (nSPS) is 7.25. The zero-order valence-electron chi connectivity index (χ0n) is 9.05.